The zero-order valence-corrected chi connectivity index (χ0v) is 19.7. The Morgan fingerprint density at radius 3 is 2.46 bits per heavy atom. The Bertz CT molecular complexity index is 1230. The van der Waals surface area contributed by atoms with Crippen molar-refractivity contribution in [3.05, 3.63) is 51.8 Å². The Kier molecular flexibility index (Phi) is 6.68. The quantitative estimate of drug-likeness (QED) is 0.404. The molecule has 3 N–H and O–H groups in total. The van der Waals surface area contributed by atoms with Crippen LogP contribution in [-0.2, 0) is 22.6 Å². The predicted octanol–water partition coefficient (Wildman–Crippen LogP) is 3.95. The molecule has 1 aromatic heterocycles. The van der Waals surface area contributed by atoms with Crippen LogP contribution in [0.4, 0.5) is 14.5 Å². The van der Waals surface area contributed by atoms with Gasteiger partial charge in [0.05, 0.1) is 16.5 Å². The summed E-state index contributed by atoms with van der Waals surface area (Å²) in [5.74, 6) is -6.03. The first-order valence-corrected chi connectivity index (χ1v) is 11.7. The topological polar surface area (TPSA) is 117 Å². The number of carbonyl (C=O) groups excluding carboxylic acids is 3. The number of ketones is 1. The summed E-state index contributed by atoms with van der Waals surface area (Å²) in [4.78, 5) is 50.2. The minimum atomic E-state index is -1.13. The zero-order chi connectivity index (χ0) is 25.5. The molecule has 2 aliphatic rings. The third-order valence-electron chi connectivity index (χ3n) is 6.79. The van der Waals surface area contributed by atoms with Crippen LogP contribution in [-0.4, -0.2) is 38.8 Å². The highest BCUT2D eigenvalue weighted by molar-refractivity contribution is 6.48. The van der Waals surface area contributed by atoms with Crippen LogP contribution in [0.2, 0.25) is 5.02 Å². The smallest absolute Gasteiger partial charge is 0.306 e. The number of aliphatic carboxylic acids is 1. The summed E-state index contributed by atoms with van der Waals surface area (Å²) in [6.07, 6.45) is 2.67. The third kappa shape index (κ3) is 4.80. The van der Waals surface area contributed by atoms with Crippen molar-refractivity contribution in [1.82, 2.24) is 9.88 Å². The SMILES string of the molecule is C[C@]1(NC(=O)C(=O)c2c(Cl)c(C(=O)Nc3ccc(F)c(F)c3)c3n2CCC3)CC[C@H](C(=O)O)CC1. The first kappa shape index (κ1) is 24.8. The highest BCUT2D eigenvalue weighted by Crippen LogP contribution is 2.35. The minimum Gasteiger partial charge on any atom is -0.481 e. The van der Waals surface area contributed by atoms with Crippen molar-refractivity contribution < 1.29 is 33.1 Å². The molecule has 35 heavy (non-hydrogen) atoms. The number of hydrogen-bond acceptors (Lipinski definition) is 4. The lowest BCUT2D eigenvalue weighted by Crippen LogP contribution is -2.51. The molecule has 1 aromatic carbocycles. The van der Waals surface area contributed by atoms with Gasteiger partial charge >= 0.3 is 5.97 Å². The van der Waals surface area contributed by atoms with E-state index in [1.54, 1.807) is 11.5 Å². The van der Waals surface area contributed by atoms with E-state index in [1.807, 2.05) is 0 Å². The van der Waals surface area contributed by atoms with E-state index in [0.29, 0.717) is 50.8 Å². The molecule has 0 radical (unpaired) electrons. The van der Waals surface area contributed by atoms with Gasteiger partial charge in [0.15, 0.2) is 11.6 Å². The number of fused-ring (bicyclic) bond motifs is 1. The second-order valence-electron chi connectivity index (χ2n) is 9.28. The molecule has 2 heterocycles. The van der Waals surface area contributed by atoms with Crippen LogP contribution >= 0.6 is 11.6 Å². The van der Waals surface area contributed by atoms with Crippen molar-refractivity contribution in [2.45, 2.75) is 57.5 Å². The van der Waals surface area contributed by atoms with E-state index in [0.717, 1.165) is 12.1 Å². The molecule has 2 aromatic rings. The zero-order valence-electron chi connectivity index (χ0n) is 18.9. The van der Waals surface area contributed by atoms with Crippen LogP contribution in [0.15, 0.2) is 18.2 Å². The van der Waals surface area contributed by atoms with E-state index < -0.39 is 46.7 Å². The van der Waals surface area contributed by atoms with Gasteiger partial charge in [-0.1, -0.05) is 11.6 Å². The van der Waals surface area contributed by atoms with Gasteiger partial charge in [-0.15, -0.1) is 0 Å². The molecule has 0 unspecified atom stereocenters. The number of carboxylic acid groups (broad SMARTS) is 1. The first-order valence-electron chi connectivity index (χ1n) is 11.3. The van der Waals surface area contributed by atoms with E-state index >= 15 is 0 Å². The van der Waals surface area contributed by atoms with E-state index in [1.165, 1.54) is 6.07 Å². The fraction of sp³-hybridized carbons (Fsp3) is 0.417. The molecule has 0 atom stereocenters. The maximum absolute atomic E-state index is 13.5. The van der Waals surface area contributed by atoms with Crippen molar-refractivity contribution in [2.75, 3.05) is 5.32 Å². The number of aromatic nitrogens is 1. The average Bonchev–Trinajstić information content (AvgIpc) is 3.35. The van der Waals surface area contributed by atoms with Gasteiger partial charge in [-0.25, -0.2) is 8.78 Å². The molecule has 1 saturated carbocycles. The Morgan fingerprint density at radius 1 is 1.14 bits per heavy atom. The fourth-order valence-electron chi connectivity index (χ4n) is 4.83. The number of nitrogens with one attached hydrogen (secondary N) is 2. The van der Waals surface area contributed by atoms with E-state index in [9.17, 15) is 33.1 Å². The van der Waals surface area contributed by atoms with Gasteiger partial charge in [0.1, 0.15) is 5.69 Å². The standard InChI is InChI=1S/C24H24ClF2N3O5/c1-24(8-6-12(7-9-24)23(34)35)29-22(33)20(31)19-18(25)17(16-3-2-10-30(16)19)21(32)28-13-4-5-14(26)15(27)11-13/h4-5,11-12H,2-3,6-10H2,1H3,(H,28,32)(H,29,33)(H,34,35)/t12-,24-. The number of benzene rings is 1. The van der Waals surface area contributed by atoms with Gasteiger partial charge in [-0.2, -0.15) is 0 Å². The Labute approximate surface area is 204 Å². The summed E-state index contributed by atoms with van der Waals surface area (Å²) < 4.78 is 28.3. The molecule has 8 nitrogen and oxygen atoms in total. The molecule has 11 heteroatoms. The molecule has 0 bridgehead atoms. The Balaban J connectivity index is 1.55. The maximum atomic E-state index is 13.5. The summed E-state index contributed by atoms with van der Waals surface area (Å²) in [5, 5.41) is 14.2. The van der Waals surface area contributed by atoms with Crippen molar-refractivity contribution >= 4 is 40.9 Å². The van der Waals surface area contributed by atoms with Gasteiger partial charge in [-0.3, -0.25) is 19.2 Å². The van der Waals surface area contributed by atoms with Crippen LogP contribution in [0.5, 0.6) is 0 Å². The van der Waals surface area contributed by atoms with Crippen LogP contribution < -0.4 is 10.6 Å². The normalized spacial score (nSPS) is 21.3. The van der Waals surface area contributed by atoms with Gasteiger partial charge in [0, 0.05) is 29.5 Å². The second-order valence-corrected chi connectivity index (χ2v) is 9.66. The van der Waals surface area contributed by atoms with Crippen LogP contribution in [0.25, 0.3) is 0 Å². The molecular formula is C24H24ClF2N3O5. The molecule has 0 spiro atoms. The third-order valence-corrected chi connectivity index (χ3v) is 7.15. The minimum absolute atomic E-state index is 0.0122. The molecule has 1 aliphatic heterocycles. The predicted molar refractivity (Wildman–Crippen MR) is 123 cm³/mol. The number of anilines is 1. The molecule has 1 aliphatic carbocycles. The number of nitrogens with zero attached hydrogens (tertiary/aromatic N) is 1. The Morgan fingerprint density at radius 2 is 1.83 bits per heavy atom. The summed E-state index contributed by atoms with van der Waals surface area (Å²) in [6, 6.07) is 2.90. The lowest BCUT2D eigenvalue weighted by Gasteiger charge is -2.36. The lowest BCUT2D eigenvalue weighted by atomic mass is 9.77. The van der Waals surface area contributed by atoms with Gasteiger partial charge in [-0.05, 0) is 57.6 Å². The van der Waals surface area contributed by atoms with Crippen LogP contribution in [0.3, 0.4) is 0 Å². The van der Waals surface area contributed by atoms with Gasteiger partial charge < -0.3 is 20.3 Å². The Hall–Kier alpha value is -3.27. The number of rotatable bonds is 6. The summed E-state index contributed by atoms with van der Waals surface area (Å²) in [6.45, 7) is 2.15. The molecular weight excluding hydrogens is 484 g/mol. The van der Waals surface area contributed by atoms with Crippen molar-refractivity contribution in [2.24, 2.45) is 5.92 Å². The van der Waals surface area contributed by atoms with Crippen molar-refractivity contribution in [1.29, 1.82) is 0 Å². The molecule has 0 saturated heterocycles. The number of carboxylic acids is 1. The van der Waals surface area contributed by atoms with Crippen molar-refractivity contribution in [3.8, 4) is 0 Å². The molecule has 186 valence electrons. The number of halogens is 3. The number of Topliss-reactive ketones (excluding diaryl/α,β-unsaturated/α-hetero) is 1. The van der Waals surface area contributed by atoms with E-state index in [-0.39, 0.29) is 22.0 Å². The first-order chi connectivity index (χ1) is 16.5. The summed E-state index contributed by atoms with van der Waals surface area (Å²) in [5.41, 5.74) is -0.329. The lowest BCUT2D eigenvalue weighted by molar-refractivity contribution is -0.143. The maximum Gasteiger partial charge on any atom is 0.306 e. The largest absolute Gasteiger partial charge is 0.481 e. The van der Waals surface area contributed by atoms with Gasteiger partial charge in [0.2, 0.25) is 0 Å². The van der Waals surface area contributed by atoms with Gasteiger partial charge in [0.25, 0.3) is 17.6 Å². The summed E-state index contributed by atoms with van der Waals surface area (Å²) >= 11 is 6.45. The average molecular weight is 508 g/mol. The fourth-order valence-corrected chi connectivity index (χ4v) is 5.21. The molecule has 2 amide bonds. The van der Waals surface area contributed by atoms with E-state index in [4.69, 9.17) is 11.6 Å². The van der Waals surface area contributed by atoms with E-state index in [2.05, 4.69) is 10.6 Å². The van der Waals surface area contributed by atoms with Crippen LogP contribution in [0, 0.1) is 17.6 Å². The highest BCUT2D eigenvalue weighted by atomic mass is 35.5. The monoisotopic (exact) mass is 507 g/mol. The number of hydrogen-bond donors (Lipinski definition) is 3. The second kappa shape index (κ2) is 9.41. The molecule has 1 fully saturated rings. The van der Waals surface area contributed by atoms with Crippen molar-refractivity contribution in [3.63, 3.8) is 0 Å². The highest BCUT2D eigenvalue weighted by Gasteiger charge is 2.39. The van der Waals surface area contributed by atoms with Crippen LogP contribution in [0.1, 0.15) is 65.6 Å². The molecule has 4 rings (SSSR count). The summed E-state index contributed by atoms with van der Waals surface area (Å²) in [7, 11) is 0. The number of amides is 2. The number of carbonyl (C=O) groups is 4.